The SMILES string of the molecule is CCc1ccc(NC(=O)CNS(=O)(=O)c2cccs2)cc1[N+](=O)[O-]. The number of amides is 1. The molecule has 0 aliphatic heterocycles. The highest BCUT2D eigenvalue weighted by atomic mass is 32.2. The highest BCUT2D eigenvalue weighted by Gasteiger charge is 2.17. The first-order chi connectivity index (χ1) is 11.3. The number of carbonyl (C=O) groups excluding carboxylic acids is 1. The van der Waals surface area contributed by atoms with Gasteiger partial charge in [-0.1, -0.05) is 19.1 Å². The van der Waals surface area contributed by atoms with Gasteiger partial charge in [-0.3, -0.25) is 14.9 Å². The zero-order valence-corrected chi connectivity index (χ0v) is 14.3. The maximum absolute atomic E-state index is 11.9. The van der Waals surface area contributed by atoms with Gasteiger partial charge in [0.05, 0.1) is 11.5 Å². The summed E-state index contributed by atoms with van der Waals surface area (Å²) in [7, 11) is -3.74. The Bertz CT molecular complexity index is 847. The van der Waals surface area contributed by atoms with Crippen molar-refractivity contribution in [2.75, 3.05) is 11.9 Å². The van der Waals surface area contributed by atoms with Crippen LogP contribution in [0.4, 0.5) is 11.4 Å². The molecule has 2 aromatic rings. The van der Waals surface area contributed by atoms with Gasteiger partial charge in [0.1, 0.15) is 4.21 Å². The van der Waals surface area contributed by atoms with Crippen LogP contribution in [0.1, 0.15) is 12.5 Å². The summed E-state index contributed by atoms with van der Waals surface area (Å²) in [4.78, 5) is 22.3. The molecule has 2 rings (SSSR count). The van der Waals surface area contributed by atoms with Crippen LogP contribution in [0.5, 0.6) is 0 Å². The molecule has 0 unspecified atom stereocenters. The Morgan fingerprint density at radius 3 is 2.67 bits per heavy atom. The van der Waals surface area contributed by atoms with Gasteiger partial charge < -0.3 is 5.32 Å². The Balaban J connectivity index is 2.03. The number of hydrogen-bond donors (Lipinski definition) is 2. The van der Waals surface area contributed by atoms with Gasteiger partial charge in [0, 0.05) is 17.3 Å². The molecule has 0 saturated carbocycles. The second kappa shape index (κ2) is 7.51. The lowest BCUT2D eigenvalue weighted by atomic mass is 10.1. The molecular weight excluding hydrogens is 354 g/mol. The van der Waals surface area contributed by atoms with Crippen LogP contribution in [0.2, 0.25) is 0 Å². The van der Waals surface area contributed by atoms with E-state index in [0.29, 0.717) is 12.0 Å². The van der Waals surface area contributed by atoms with Crippen LogP contribution >= 0.6 is 11.3 Å². The third-order valence-electron chi connectivity index (χ3n) is 3.13. The predicted octanol–water partition coefficient (Wildman–Crippen LogP) is 2.14. The van der Waals surface area contributed by atoms with E-state index in [1.165, 1.54) is 18.2 Å². The number of hydrogen-bond acceptors (Lipinski definition) is 6. The molecule has 128 valence electrons. The topological polar surface area (TPSA) is 118 Å². The number of aryl methyl sites for hydroxylation is 1. The van der Waals surface area contributed by atoms with Crippen molar-refractivity contribution in [3.05, 3.63) is 51.4 Å². The van der Waals surface area contributed by atoms with Crippen LogP contribution in [-0.2, 0) is 21.2 Å². The molecule has 8 nitrogen and oxygen atoms in total. The van der Waals surface area contributed by atoms with Crippen LogP contribution in [0.3, 0.4) is 0 Å². The first-order valence-corrected chi connectivity index (χ1v) is 9.30. The number of benzene rings is 1. The minimum absolute atomic E-state index is 0.0885. The number of thiophene rings is 1. The lowest BCUT2D eigenvalue weighted by molar-refractivity contribution is -0.385. The molecule has 0 radical (unpaired) electrons. The minimum Gasteiger partial charge on any atom is -0.325 e. The predicted molar refractivity (Wildman–Crippen MR) is 90.6 cm³/mol. The average Bonchev–Trinajstić information content (AvgIpc) is 3.08. The van der Waals surface area contributed by atoms with Gasteiger partial charge in [-0.25, -0.2) is 13.1 Å². The lowest BCUT2D eigenvalue weighted by Gasteiger charge is -2.08. The molecule has 1 amide bonds. The first kappa shape index (κ1) is 18.0. The quantitative estimate of drug-likeness (QED) is 0.572. The van der Waals surface area contributed by atoms with E-state index in [9.17, 15) is 23.3 Å². The summed E-state index contributed by atoms with van der Waals surface area (Å²) in [5.41, 5.74) is 0.699. The number of nitrogens with one attached hydrogen (secondary N) is 2. The molecule has 0 aliphatic rings. The van der Waals surface area contributed by atoms with Gasteiger partial charge in [-0.15, -0.1) is 11.3 Å². The number of anilines is 1. The number of nitrogens with zero attached hydrogens (tertiary/aromatic N) is 1. The zero-order chi connectivity index (χ0) is 17.7. The van der Waals surface area contributed by atoms with Gasteiger partial charge in [-0.2, -0.15) is 0 Å². The highest BCUT2D eigenvalue weighted by molar-refractivity contribution is 7.91. The summed E-state index contributed by atoms with van der Waals surface area (Å²) in [6.07, 6.45) is 0.491. The van der Waals surface area contributed by atoms with Crippen LogP contribution in [0, 0.1) is 10.1 Å². The van der Waals surface area contributed by atoms with Gasteiger partial charge >= 0.3 is 0 Å². The Morgan fingerprint density at radius 1 is 1.33 bits per heavy atom. The van der Waals surface area contributed by atoms with Crippen molar-refractivity contribution >= 4 is 38.6 Å². The van der Waals surface area contributed by atoms with E-state index < -0.39 is 27.4 Å². The van der Waals surface area contributed by atoms with Gasteiger partial charge in [-0.05, 0) is 23.9 Å². The van der Waals surface area contributed by atoms with Crippen molar-refractivity contribution in [1.29, 1.82) is 0 Å². The van der Waals surface area contributed by atoms with Crippen molar-refractivity contribution in [2.45, 2.75) is 17.6 Å². The van der Waals surface area contributed by atoms with Gasteiger partial charge in [0.2, 0.25) is 5.91 Å². The standard InChI is InChI=1S/C14H15N3O5S2/c1-2-10-5-6-11(8-12(10)17(19)20)16-13(18)9-15-24(21,22)14-4-3-7-23-14/h3-8,15H,2,9H2,1H3,(H,16,18). The summed E-state index contributed by atoms with van der Waals surface area (Å²) >= 11 is 1.04. The van der Waals surface area contributed by atoms with Crippen LogP contribution in [0.15, 0.2) is 39.9 Å². The van der Waals surface area contributed by atoms with E-state index in [4.69, 9.17) is 0 Å². The number of nitro groups is 1. The molecule has 0 spiro atoms. The molecule has 0 fully saturated rings. The van der Waals surface area contributed by atoms with Gasteiger partial charge in [0.25, 0.3) is 15.7 Å². The monoisotopic (exact) mass is 369 g/mol. The summed E-state index contributed by atoms with van der Waals surface area (Å²) in [5.74, 6) is -0.617. The van der Waals surface area contributed by atoms with Crippen molar-refractivity contribution in [2.24, 2.45) is 0 Å². The second-order valence-electron chi connectivity index (χ2n) is 4.76. The van der Waals surface area contributed by atoms with E-state index in [2.05, 4.69) is 10.0 Å². The first-order valence-electron chi connectivity index (χ1n) is 6.94. The van der Waals surface area contributed by atoms with Crippen LogP contribution in [-0.4, -0.2) is 25.8 Å². The van der Waals surface area contributed by atoms with Crippen molar-refractivity contribution in [3.63, 3.8) is 0 Å². The van der Waals surface area contributed by atoms with E-state index in [1.54, 1.807) is 24.4 Å². The average molecular weight is 369 g/mol. The van der Waals surface area contributed by atoms with E-state index in [0.717, 1.165) is 11.3 Å². The Hall–Kier alpha value is -2.30. The van der Waals surface area contributed by atoms with Crippen molar-refractivity contribution in [1.82, 2.24) is 4.72 Å². The lowest BCUT2D eigenvalue weighted by Crippen LogP contribution is -2.32. The second-order valence-corrected chi connectivity index (χ2v) is 7.70. The fraction of sp³-hybridized carbons (Fsp3) is 0.214. The highest BCUT2D eigenvalue weighted by Crippen LogP contribution is 2.23. The number of carbonyl (C=O) groups is 1. The van der Waals surface area contributed by atoms with Crippen molar-refractivity contribution < 1.29 is 18.1 Å². The molecular formula is C14H15N3O5S2. The van der Waals surface area contributed by atoms with Crippen molar-refractivity contribution in [3.8, 4) is 0 Å². The fourth-order valence-electron chi connectivity index (χ4n) is 1.96. The third kappa shape index (κ3) is 4.37. The molecule has 0 aliphatic carbocycles. The number of rotatable bonds is 7. The van der Waals surface area contributed by atoms with Gasteiger partial charge in [0.15, 0.2) is 0 Å². The third-order valence-corrected chi connectivity index (χ3v) is 5.93. The summed E-state index contributed by atoms with van der Waals surface area (Å²) < 4.78 is 26.1. The molecule has 1 aromatic heterocycles. The van der Waals surface area contributed by atoms with E-state index in [-0.39, 0.29) is 15.6 Å². The Morgan fingerprint density at radius 2 is 2.08 bits per heavy atom. The fourth-order valence-corrected chi connectivity index (χ4v) is 3.98. The molecule has 0 saturated heterocycles. The zero-order valence-electron chi connectivity index (χ0n) is 12.7. The van der Waals surface area contributed by atoms with Crippen LogP contribution < -0.4 is 10.0 Å². The number of sulfonamides is 1. The molecule has 10 heteroatoms. The molecule has 24 heavy (non-hydrogen) atoms. The van der Waals surface area contributed by atoms with E-state index in [1.807, 2.05) is 0 Å². The molecule has 0 atom stereocenters. The largest absolute Gasteiger partial charge is 0.325 e. The minimum atomic E-state index is -3.74. The molecule has 2 N–H and O–H groups in total. The maximum atomic E-state index is 11.9. The Kier molecular flexibility index (Phi) is 5.65. The summed E-state index contributed by atoms with van der Waals surface area (Å²) in [6.45, 7) is 1.32. The summed E-state index contributed by atoms with van der Waals surface area (Å²) in [5, 5.41) is 15.1. The molecule has 0 bridgehead atoms. The normalized spacial score (nSPS) is 11.2. The molecule has 1 heterocycles. The van der Waals surface area contributed by atoms with Crippen LogP contribution in [0.25, 0.3) is 0 Å². The Labute approximate surface area is 142 Å². The summed E-state index contributed by atoms with van der Waals surface area (Å²) in [6, 6.07) is 7.37. The smallest absolute Gasteiger partial charge is 0.274 e. The molecule has 1 aromatic carbocycles. The number of nitro benzene ring substituents is 1. The maximum Gasteiger partial charge on any atom is 0.274 e. The van der Waals surface area contributed by atoms with E-state index >= 15 is 0 Å².